The number of para-hydroxylation sites is 1. The number of aromatic nitrogens is 1. The van der Waals surface area contributed by atoms with Gasteiger partial charge in [0.15, 0.2) is 0 Å². The third kappa shape index (κ3) is 4.38. The van der Waals surface area contributed by atoms with Gasteiger partial charge in [0.05, 0.1) is 5.88 Å². The van der Waals surface area contributed by atoms with E-state index in [1.165, 1.54) is 16.5 Å². The fourth-order valence-electron chi connectivity index (χ4n) is 3.86. The van der Waals surface area contributed by atoms with Crippen LogP contribution in [0.4, 0.5) is 5.69 Å². The van der Waals surface area contributed by atoms with Gasteiger partial charge in [-0.25, -0.2) is 0 Å². The summed E-state index contributed by atoms with van der Waals surface area (Å²) in [6.45, 7) is 4.07. The van der Waals surface area contributed by atoms with Crippen LogP contribution in [0.15, 0.2) is 48.7 Å². The van der Waals surface area contributed by atoms with Gasteiger partial charge in [-0.3, -0.25) is 9.59 Å². The highest BCUT2D eigenvalue weighted by atomic mass is 32.2. The summed E-state index contributed by atoms with van der Waals surface area (Å²) in [7, 11) is 0. The van der Waals surface area contributed by atoms with Crippen LogP contribution in [0.5, 0.6) is 0 Å². The van der Waals surface area contributed by atoms with Crippen molar-refractivity contribution in [2.45, 2.75) is 39.2 Å². The molecule has 1 fully saturated rings. The first-order valence-corrected chi connectivity index (χ1v) is 11.5. The maximum Gasteiger partial charge on any atom is 0.248 e. The van der Waals surface area contributed by atoms with Crippen molar-refractivity contribution >= 4 is 40.2 Å². The third-order valence-electron chi connectivity index (χ3n) is 5.79. The predicted octanol–water partition coefficient (Wildman–Crippen LogP) is 4.65. The number of fused-ring (bicyclic) bond motifs is 1. The normalized spacial score (nSPS) is 16.2. The summed E-state index contributed by atoms with van der Waals surface area (Å²) in [5, 5.41) is 4.20. The number of benzene rings is 2. The number of nitrogens with one attached hydrogen (secondary N) is 2. The van der Waals surface area contributed by atoms with Gasteiger partial charge in [0.1, 0.15) is 6.04 Å². The first kappa shape index (κ1) is 20.5. The minimum absolute atomic E-state index is 0.0556. The molecular formula is C24H27N3O2S. The summed E-state index contributed by atoms with van der Waals surface area (Å²) >= 11 is 1.64. The van der Waals surface area contributed by atoms with Crippen LogP contribution in [0.3, 0.4) is 0 Å². The Hall–Kier alpha value is -2.73. The van der Waals surface area contributed by atoms with Crippen molar-refractivity contribution in [1.82, 2.24) is 9.88 Å². The van der Waals surface area contributed by atoms with Crippen LogP contribution in [-0.2, 0) is 16.0 Å². The number of thioether (sulfide) groups is 1. The molecule has 3 aromatic rings. The SMILES string of the molecule is Cc1ccc(NC(=O)C2CSCN2C(=O)CCCc2c[nH]c3ccccc23)cc1C. The quantitative estimate of drug-likeness (QED) is 0.609. The van der Waals surface area contributed by atoms with Gasteiger partial charge in [0.2, 0.25) is 11.8 Å². The average Bonchev–Trinajstić information content (AvgIpc) is 3.38. The number of hydrogen-bond donors (Lipinski definition) is 2. The van der Waals surface area contributed by atoms with E-state index in [1.807, 2.05) is 50.4 Å². The van der Waals surface area contributed by atoms with E-state index in [0.717, 1.165) is 29.6 Å². The minimum Gasteiger partial charge on any atom is -0.361 e. The van der Waals surface area contributed by atoms with Crippen molar-refractivity contribution in [2.24, 2.45) is 0 Å². The smallest absolute Gasteiger partial charge is 0.248 e. The second-order valence-corrected chi connectivity index (χ2v) is 8.88. The zero-order valence-corrected chi connectivity index (χ0v) is 18.2. The summed E-state index contributed by atoms with van der Waals surface area (Å²) in [4.78, 5) is 30.7. The van der Waals surface area contributed by atoms with E-state index in [-0.39, 0.29) is 11.8 Å². The molecular weight excluding hydrogens is 394 g/mol. The maximum absolute atomic E-state index is 12.8. The van der Waals surface area contributed by atoms with Crippen LogP contribution in [0, 0.1) is 13.8 Å². The molecule has 2 aromatic carbocycles. The van der Waals surface area contributed by atoms with E-state index in [0.29, 0.717) is 18.1 Å². The Morgan fingerprint density at radius 2 is 2.00 bits per heavy atom. The van der Waals surface area contributed by atoms with Crippen LogP contribution in [0.2, 0.25) is 0 Å². The fourth-order valence-corrected chi connectivity index (χ4v) is 5.04. The Balaban J connectivity index is 1.33. The summed E-state index contributed by atoms with van der Waals surface area (Å²) in [6, 6.07) is 13.7. The molecule has 2 amide bonds. The van der Waals surface area contributed by atoms with Crippen LogP contribution in [0.1, 0.15) is 29.5 Å². The van der Waals surface area contributed by atoms with Gasteiger partial charge in [-0.05, 0) is 61.6 Å². The van der Waals surface area contributed by atoms with E-state index in [9.17, 15) is 9.59 Å². The highest BCUT2D eigenvalue weighted by Gasteiger charge is 2.34. The molecule has 4 rings (SSSR count). The highest BCUT2D eigenvalue weighted by Crippen LogP contribution is 2.25. The molecule has 1 unspecified atom stereocenters. The number of aryl methyl sites for hydroxylation is 3. The minimum atomic E-state index is -0.405. The zero-order valence-electron chi connectivity index (χ0n) is 17.4. The highest BCUT2D eigenvalue weighted by molar-refractivity contribution is 7.99. The maximum atomic E-state index is 12.8. The Kier molecular flexibility index (Phi) is 6.13. The first-order valence-electron chi connectivity index (χ1n) is 10.3. The van der Waals surface area contributed by atoms with E-state index >= 15 is 0 Å². The molecule has 1 saturated heterocycles. The van der Waals surface area contributed by atoms with Crippen molar-refractivity contribution in [1.29, 1.82) is 0 Å². The summed E-state index contributed by atoms with van der Waals surface area (Å²) in [6.07, 6.45) is 4.09. The molecule has 0 spiro atoms. The van der Waals surface area contributed by atoms with Gasteiger partial charge in [-0.15, -0.1) is 11.8 Å². The summed E-state index contributed by atoms with van der Waals surface area (Å²) in [5.41, 5.74) is 5.47. The lowest BCUT2D eigenvalue weighted by molar-refractivity contribution is -0.136. The summed E-state index contributed by atoms with van der Waals surface area (Å²) in [5.74, 6) is 1.18. The molecule has 1 atom stereocenters. The van der Waals surface area contributed by atoms with Crippen LogP contribution < -0.4 is 5.32 Å². The number of hydrogen-bond acceptors (Lipinski definition) is 3. The molecule has 30 heavy (non-hydrogen) atoms. The molecule has 0 bridgehead atoms. The monoisotopic (exact) mass is 421 g/mol. The topological polar surface area (TPSA) is 65.2 Å². The van der Waals surface area contributed by atoms with Gasteiger partial charge in [0.25, 0.3) is 0 Å². The van der Waals surface area contributed by atoms with Crippen molar-refractivity contribution < 1.29 is 9.59 Å². The Bertz CT molecular complexity index is 1080. The number of rotatable bonds is 6. The summed E-state index contributed by atoms with van der Waals surface area (Å²) < 4.78 is 0. The molecule has 0 saturated carbocycles. The van der Waals surface area contributed by atoms with E-state index in [1.54, 1.807) is 16.7 Å². The number of nitrogens with zero attached hydrogens (tertiary/aromatic N) is 1. The standard InChI is InChI=1S/C24H27N3O2S/c1-16-10-11-19(12-17(16)2)26-24(29)22-14-30-15-27(22)23(28)9-5-6-18-13-25-21-8-4-3-7-20(18)21/h3-4,7-8,10-13,22,25H,5-6,9,14-15H2,1-2H3,(H,26,29). The number of H-pyrrole nitrogens is 1. The molecule has 5 nitrogen and oxygen atoms in total. The Morgan fingerprint density at radius 3 is 2.83 bits per heavy atom. The Labute approximate surface area is 181 Å². The molecule has 0 aliphatic carbocycles. The van der Waals surface area contributed by atoms with Gasteiger partial charge in [-0.2, -0.15) is 0 Å². The second-order valence-electron chi connectivity index (χ2n) is 7.88. The molecule has 2 N–H and O–H groups in total. The van der Waals surface area contributed by atoms with Crippen molar-refractivity contribution in [3.05, 3.63) is 65.4 Å². The van der Waals surface area contributed by atoms with Gasteiger partial charge in [0, 0.05) is 35.0 Å². The Morgan fingerprint density at radius 1 is 1.17 bits per heavy atom. The number of carbonyl (C=O) groups excluding carboxylic acids is 2. The second kappa shape index (κ2) is 8.96. The predicted molar refractivity (Wildman–Crippen MR) is 124 cm³/mol. The van der Waals surface area contributed by atoms with E-state index in [2.05, 4.69) is 22.4 Å². The number of anilines is 1. The fraction of sp³-hybridized carbons (Fsp3) is 0.333. The van der Waals surface area contributed by atoms with Crippen molar-refractivity contribution in [3.8, 4) is 0 Å². The van der Waals surface area contributed by atoms with Gasteiger partial charge >= 0.3 is 0 Å². The molecule has 1 aliphatic heterocycles. The van der Waals surface area contributed by atoms with Crippen LogP contribution in [0.25, 0.3) is 10.9 Å². The lowest BCUT2D eigenvalue weighted by Gasteiger charge is -2.23. The largest absolute Gasteiger partial charge is 0.361 e. The van der Waals surface area contributed by atoms with Crippen LogP contribution >= 0.6 is 11.8 Å². The number of amides is 2. The van der Waals surface area contributed by atoms with Crippen LogP contribution in [-0.4, -0.2) is 39.4 Å². The molecule has 2 heterocycles. The number of aromatic amines is 1. The van der Waals surface area contributed by atoms with Gasteiger partial charge < -0.3 is 15.2 Å². The zero-order chi connectivity index (χ0) is 21.1. The first-order chi connectivity index (χ1) is 14.5. The molecule has 0 radical (unpaired) electrons. The molecule has 156 valence electrons. The number of carbonyl (C=O) groups is 2. The van der Waals surface area contributed by atoms with Gasteiger partial charge in [-0.1, -0.05) is 24.3 Å². The third-order valence-corrected chi connectivity index (χ3v) is 6.80. The lowest BCUT2D eigenvalue weighted by Crippen LogP contribution is -2.44. The van der Waals surface area contributed by atoms with Crippen molar-refractivity contribution in [2.75, 3.05) is 16.9 Å². The molecule has 1 aliphatic rings. The average molecular weight is 422 g/mol. The lowest BCUT2D eigenvalue weighted by atomic mass is 10.1. The molecule has 6 heteroatoms. The van der Waals surface area contributed by atoms with E-state index in [4.69, 9.17) is 0 Å². The van der Waals surface area contributed by atoms with Crippen molar-refractivity contribution in [3.63, 3.8) is 0 Å². The molecule has 1 aromatic heterocycles. The van der Waals surface area contributed by atoms with E-state index < -0.39 is 6.04 Å².